The number of nitrogens with zero attached hydrogens (tertiary/aromatic N) is 1. The Bertz CT molecular complexity index is 129. The number of nitrogens with one attached hydrogen (secondary N) is 1. The second-order valence-corrected chi connectivity index (χ2v) is 4.60. The topological polar surface area (TPSA) is 24.5 Å². The summed E-state index contributed by atoms with van der Waals surface area (Å²) in [7, 11) is 3.95. The lowest BCUT2D eigenvalue weighted by molar-refractivity contribution is 0.187. The quantitative estimate of drug-likeness (QED) is 0.561. The van der Waals surface area contributed by atoms with Gasteiger partial charge in [0.2, 0.25) is 0 Å². The van der Waals surface area contributed by atoms with Crippen molar-refractivity contribution in [2.45, 2.75) is 26.7 Å². The van der Waals surface area contributed by atoms with Crippen molar-refractivity contribution in [1.82, 2.24) is 10.2 Å². The van der Waals surface area contributed by atoms with Crippen LogP contribution in [0.25, 0.3) is 0 Å². The van der Waals surface area contributed by atoms with E-state index in [0.29, 0.717) is 0 Å². The Morgan fingerprint density at radius 2 is 1.93 bits per heavy atom. The first-order valence-electron chi connectivity index (χ1n) is 6.05. The Hall–Kier alpha value is -0.120. The summed E-state index contributed by atoms with van der Waals surface area (Å²) in [4.78, 5) is 2.38. The molecule has 0 aliphatic carbocycles. The van der Waals surface area contributed by atoms with E-state index in [2.05, 4.69) is 31.1 Å². The van der Waals surface area contributed by atoms with Crippen LogP contribution in [0.15, 0.2) is 0 Å². The van der Waals surface area contributed by atoms with E-state index in [-0.39, 0.29) is 0 Å². The molecule has 92 valence electrons. The summed E-state index contributed by atoms with van der Waals surface area (Å²) in [6.45, 7) is 9.89. The molecule has 0 fully saturated rings. The molecule has 0 aromatic rings. The molecule has 0 unspecified atom stereocenters. The van der Waals surface area contributed by atoms with E-state index in [1.807, 2.05) is 0 Å². The molecule has 0 heterocycles. The van der Waals surface area contributed by atoms with Gasteiger partial charge in [-0.15, -0.1) is 0 Å². The summed E-state index contributed by atoms with van der Waals surface area (Å²) >= 11 is 0. The number of hydrogen-bond acceptors (Lipinski definition) is 3. The van der Waals surface area contributed by atoms with Crippen LogP contribution < -0.4 is 5.32 Å². The summed E-state index contributed by atoms with van der Waals surface area (Å²) in [6, 6.07) is 0. The number of likely N-dealkylation sites (N-methyl/N-ethyl adjacent to an activating group) is 1. The van der Waals surface area contributed by atoms with Crippen LogP contribution in [0.4, 0.5) is 0 Å². The van der Waals surface area contributed by atoms with Gasteiger partial charge in [0.1, 0.15) is 0 Å². The molecule has 0 aromatic carbocycles. The van der Waals surface area contributed by atoms with Gasteiger partial charge in [0.05, 0.1) is 0 Å². The average Bonchev–Trinajstić information content (AvgIpc) is 2.19. The van der Waals surface area contributed by atoms with Crippen molar-refractivity contribution in [2.75, 3.05) is 46.9 Å². The molecule has 0 amide bonds. The van der Waals surface area contributed by atoms with Gasteiger partial charge in [-0.25, -0.2) is 0 Å². The van der Waals surface area contributed by atoms with Crippen LogP contribution in [0.3, 0.4) is 0 Å². The van der Waals surface area contributed by atoms with Crippen LogP contribution in [0.5, 0.6) is 0 Å². The van der Waals surface area contributed by atoms with E-state index >= 15 is 0 Å². The maximum Gasteiger partial charge on any atom is 0.0462 e. The van der Waals surface area contributed by atoms with E-state index in [4.69, 9.17) is 4.74 Å². The van der Waals surface area contributed by atoms with E-state index in [0.717, 1.165) is 32.2 Å². The summed E-state index contributed by atoms with van der Waals surface area (Å²) in [5.41, 5.74) is 0. The number of ether oxygens (including phenoxy) is 1. The third kappa shape index (κ3) is 11.8. The van der Waals surface area contributed by atoms with Crippen molar-refractivity contribution in [3.63, 3.8) is 0 Å². The molecular formula is C12H28N2O. The molecule has 15 heavy (non-hydrogen) atoms. The fourth-order valence-corrected chi connectivity index (χ4v) is 1.40. The van der Waals surface area contributed by atoms with E-state index < -0.39 is 0 Å². The molecule has 0 saturated carbocycles. The lowest BCUT2D eigenvalue weighted by atomic mass is 10.2. The third-order valence-corrected chi connectivity index (χ3v) is 2.36. The Labute approximate surface area is 95.2 Å². The van der Waals surface area contributed by atoms with E-state index in [1.54, 1.807) is 7.11 Å². The van der Waals surface area contributed by atoms with Crippen molar-refractivity contribution in [2.24, 2.45) is 5.92 Å². The predicted octanol–water partition coefficient (Wildman–Crippen LogP) is 1.59. The Kier molecular flexibility index (Phi) is 10.3. The normalized spacial score (nSPS) is 11.6. The van der Waals surface area contributed by atoms with Gasteiger partial charge >= 0.3 is 0 Å². The molecule has 0 saturated heterocycles. The van der Waals surface area contributed by atoms with Crippen molar-refractivity contribution in [1.29, 1.82) is 0 Å². The van der Waals surface area contributed by atoms with Crippen LogP contribution in [0, 0.1) is 5.92 Å². The van der Waals surface area contributed by atoms with Gasteiger partial charge in [-0.1, -0.05) is 13.8 Å². The fraction of sp³-hybridized carbons (Fsp3) is 1.00. The molecular weight excluding hydrogens is 188 g/mol. The predicted molar refractivity (Wildman–Crippen MR) is 66.3 cm³/mol. The highest BCUT2D eigenvalue weighted by Gasteiger charge is 1.98. The molecule has 3 heteroatoms. The minimum absolute atomic E-state index is 0.747. The standard InChI is InChI=1S/C12H28N2O/c1-12(2)11-13-7-9-14(3)8-5-6-10-15-4/h12-13H,5-11H2,1-4H3. The second kappa shape index (κ2) is 10.4. The molecule has 1 N–H and O–H groups in total. The number of methoxy groups -OCH3 is 1. The molecule has 0 rings (SSSR count). The first-order chi connectivity index (χ1) is 7.16. The highest BCUT2D eigenvalue weighted by Crippen LogP contribution is 1.93. The molecule has 0 spiro atoms. The smallest absolute Gasteiger partial charge is 0.0462 e. The summed E-state index contributed by atoms with van der Waals surface area (Å²) in [6.07, 6.45) is 2.40. The number of unbranched alkanes of at least 4 members (excludes halogenated alkanes) is 1. The van der Waals surface area contributed by atoms with Crippen molar-refractivity contribution in [3.8, 4) is 0 Å². The third-order valence-electron chi connectivity index (χ3n) is 2.36. The van der Waals surface area contributed by atoms with Gasteiger partial charge in [-0.2, -0.15) is 0 Å². The van der Waals surface area contributed by atoms with Crippen molar-refractivity contribution in [3.05, 3.63) is 0 Å². The molecule has 0 atom stereocenters. The number of hydrogen-bond donors (Lipinski definition) is 1. The van der Waals surface area contributed by atoms with Crippen LogP contribution in [0.2, 0.25) is 0 Å². The fourth-order valence-electron chi connectivity index (χ4n) is 1.40. The molecule has 0 radical (unpaired) electrons. The lowest BCUT2D eigenvalue weighted by Gasteiger charge is -2.17. The summed E-state index contributed by atoms with van der Waals surface area (Å²) in [5.74, 6) is 0.747. The highest BCUT2D eigenvalue weighted by molar-refractivity contribution is 4.56. The van der Waals surface area contributed by atoms with Gasteiger partial charge in [0.15, 0.2) is 0 Å². The van der Waals surface area contributed by atoms with Crippen molar-refractivity contribution >= 4 is 0 Å². The van der Waals surface area contributed by atoms with Gasteiger partial charge in [0, 0.05) is 26.8 Å². The zero-order chi connectivity index (χ0) is 11.5. The Morgan fingerprint density at radius 1 is 1.20 bits per heavy atom. The maximum absolute atomic E-state index is 5.02. The van der Waals surface area contributed by atoms with E-state index in [9.17, 15) is 0 Å². The maximum atomic E-state index is 5.02. The summed E-state index contributed by atoms with van der Waals surface area (Å²) in [5, 5.41) is 3.45. The van der Waals surface area contributed by atoms with Crippen LogP contribution in [-0.2, 0) is 4.74 Å². The number of rotatable bonds is 10. The van der Waals surface area contributed by atoms with Crippen LogP contribution in [0.1, 0.15) is 26.7 Å². The zero-order valence-electron chi connectivity index (χ0n) is 10.9. The first kappa shape index (κ1) is 14.9. The second-order valence-electron chi connectivity index (χ2n) is 4.60. The molecule has 0 aliphatic heterocycles. The Morgan fingerprint density at radius 3 is 2.53 bits per heavy atom. The monoisotopic (exact) mass is 216 g/mol. The average molecular weight is 216 g/mol. The summed E-state index contributed by atoms with van der Waals surface area (Å²) < 4.78 is 5.02. The highest BCUT2D eigenvalue weighted by atomic mass is 16.5. The minimum atomic E-state index is 0.747. The van der Waals surface area contributed by atoms with Gasteiger partial charge in [-0.05, 0) is 38.9 Å². The zero-order valence-corrected chi connectivity index (χ0v) is 10.9. The molecule has 0 aliphatic rings. The minimum Gasteiger partial charge on any atom is -0.385 e. The van der Waals surface area contributed by atoms with E-state index in [1.165, 1.54) is 19.4 Å². The van der Waals surface area contributed by atoms with Crippen LogP contribution in [-0.4, -0.2) is 51.8 Å². The molecule has 0 bridgehead atoms. The molecule has 3 nitrogen and oxygen atoms in total. The SMILES string of the molecule is COCCCCN(C)CCNCC(C)C. The largest absolute Gasteiger partial charge is 0.385 e. The van der Waals surface area contributed by atoms with Crippen LogP contribution >= 0.6 is 0 Å². The van der Waals surface area contributed by atoms with Gasteiger partial charge < -0.3 is 15.0 Å². The Balaban J connectivity index is 3.15. The lowest BCUT2D eigenvalue weighted by Crippen LogP contribution is -2.31. The first-order valence-corrected chi connectivity index (χ1v) is 6.05. The molecule has 0 aromatic heterocycles. The van der Waals surface area contributed by atoms with Crippen molar-refractivity contribution < 1.29 is 4.74 Å². The van der Waals surface area contributed by atoms with Gasteiger partial charge in [-0.3, -0.25) is 0 Å². The van der Waals surface area contributed by atoms with Gasteiger partial charge in [0.25, 0.3) is 0 Å².